The maximum absolute atomic E-state index is 12.9. The fraction of sp³-hybridized carbons (Fsp3) is 0.300. The summed E-state index contributed by atoms with van der Waals surface area (Å²) in [6.07, 6.45) is 0.861. The zero-order valence-corrected chi connectivity index (χ0v) is 15.2. The summed E-state index contributed by atoms with van der Waals surface area (Å²) in [6.45, 7) is 4.85. The van der Waals surface area contributed by atoms with Gasteiger partial charge in [-0.1, -0.05) is 42.8 Å². The monoisotopic (exact) mass is 356 g/mol. The number of nitrogens with zero attached hydrogens (tertiary/aromatic N) is 2. The number of hydrogen-bond donors (Lipinski definition) is 0. The Kier molecular flexibility index (Phi) is 5.09. The second kappa shape index (κ2) is 7.28. The number of halogens is 1. The Bertz CT molecular complexity index is 806. The summed E-state index contributed by atoms with van der Waals surface area (Å²) >= 11 is 5.98. The molecule has 0 N–H and O–H groups in total. The number of benzene rings is 2. The molecule has 1 fully saturated rings. The van der Waals surface area contributed by atoms with Crippen molar-refractivity contribution in [2.75, 3.05) is 18.0 Å². The Balaban J connectivity index is 1.83. The molecule has 5 heteroatoms. The van der Waals surface area contributed by atoms with E-state index in [1.165, 1.54) is 0 Å². The van der Waals surface area contributed by atoms with Crippen LogP contribution in [0.4, 0.5) is 5.69 Å². The molecule has 0 saturated carbocycles. The third-order valence-electron chi connectivity index (χ3n) is 4.65. The van der Waals surface area contributed by atoms with Crippen LogP contribution in [-0.4, -0.2) is 35.8 Å². The lowest BCUT2D eigenvalue weighted by Gasteiger charge is -2.39. The lowest BCUT2D eigenvalue weighted by Crippen LogP contribution is -2.58. The van der Waals surface area contributed by atoms with Gasteiger partial charge in [-0.25, -0.2) is 0 Å². The number of carbonyl (C=O) groups excluding carboxylic acids is 2. The minimum Gasteiger partial charge on any atom is -0.325 e. The van der Waals surface area contributed by atoms with E-state index < -0.39 is 6.04 Å². The highest BCUT2D eigenvalue weighted by molar-refractivity contribution is 6.31. The number of amides is 2. The summed E-state index contributed by atoms with van der Waals surface area (Å²) in [6, 6.07) is 14.3. The molecule has 2 aromatic carbocycles. The second-order valence-electron chi connectivity index (χ2n) is 6.16. The summed E-state index contributed by atoms with van der Waals surface area (Å²) in [4.78, 5) is 29.1. The molecule has 1 saturated heterocycles. The lowest BCUT2D eigenvalue weighted by atomic mass is 10.1. The van der Waals surface area contributed by atoms with Crippen molar-refractivity contribution < 1.29 is 9.59 Å². The Hall–Kier alpha value is -2.33. The van der Waals surface area contributed by atoms with Gasteiger partial charge in [0.1, 0.15) is 6.04 Å². The van der Waals surface area contributed by atoms with Crippen LogP contribution in [0.25, 0.3) is 0 Å². The first-order chi connectivity index (χ1) is 12.0. The molecule has 2 aromatic rings. The van der Waals surface area contributed by atoms with E-state index in [0.717, 1.165) is 17.7 Å². The SMILES string of the molecule is CCc1ccccc1N1CCN(C(=O)c2cccc(Cl)c2)[C@@H](C)C1=O. The third kappa shape index (κ3) is 3.40. The number of anilines is 1. The molecule has 0 bridgehead atoms. The van der Waals surface area contributed by atoms with Crippen molar-refractivity contribution in [1.29, 1.82) is 0 Å². The molecule has 1 aliphatic heterocycles. The molecule has 0 spiro atoms. The largest absolute Gasteiger partial charge is 0.325 e. The van der Waals surface area contributed by atoms with Crippen LogP contribution in [-0.2, 0) is 11.2 Å². The fourth-order valence-electron chi connectivity index (χ4n) is 3.25. The highest BCUT2D eigenvalue weighted by Crippen LogP contribution is 2.26. The number of aryl methyl sites for hydroxylation is 1. The van der Waals surface area contributed by atoms with Crippen LogP contribution < -0.4 is 4.90 Å². The zero-order chi connectivity index (χ0) is 18.0. The van der Waals surface area contributed by atoms with E-state index in [0.29, 0.717) is 23.7 Å². The normalized spacial score (nSPS) is 17.7. The van der Waals surface area contributed by atoms with E-state index in [4.69, 9.17) is 11.6 Å². The second-order valence-corrected chi connectivity index (χ2v) is 6.59. The van der Waals surface area contributed by atoms with Gasteiger partial charge in [0.05, 0.1) is 0 Å². The van der Waals surface area contributed by atoms with Crippen LogP contribution in [0, 0.1) is 0 Å². The number of piperazine rings is 1. The van der Waals surface area contributed by atoms with Gasteiger partial charge >= 0.3 is 0 Å². The fourth-order valence-corrected chi connectivity index (χ4v) is 3.44. The van der Waals surface area contributed by atoms with Crippen LogP contribution in [0.15, 0.2) is 48.5 Å². The maximum atomic E-state index is 12.9. The van der Waals surface area contributed by atoms with E-state index in [1.54, 1.807) is 41.0 Å². The third-order valence-corrected chi connectivity index (χ3v) is 4.89. The van der Waals surface area contributed by atoms with Crippen molar-refractivity contribution in [3.63, 3.8) is 0 Å². The van der Waals surface area contributed by atoms with Gasteiger partial charge in [-0.15, -0.1) is 0 Å². The van der Waals surface area contributed by atoms with Gasteiger partial charge in [-0.05, 0) is 43.2 Å². The standard InChI is InChI=1S/C20H21ClN2O2/c1-3-15-7-4-5-10-18(15)23-12-11-22(14(2)19(23)24)20(25)16-8-6-9-17(21)13-16/h4-10,13-14H,3,11-12H2,1-2H3/t14-/m0/s1. The number of hydrogen-bond acceptors (Lipinski definition) is 2. The van der Waals surface area contributed by atoms with E-state index >= 15 is 0 Å². The van der Waals surface area contributed by atoms with E-state index in [-0.39, 0.29) is 11.8 Å². The topological polar surface area (TPSA) is 40.6 Å². The molecule has 0 aromatic heterocycles. The zero-order valence-electron chi connectivity index (χ0n) is 14.4. The van der Waals surface area contributed by atoms with Gasteiger partial charge in [0.2, 0.25) is 5.91 Å². The smallest absolute Gasteiger partial charge is 0.254 e. The minimum atomic E-state index is -0.509. The molecule has 0 aliphatic carbocycles. The average Bonchev–Trinajstić information content (AvgIpc) is 2.63. The molecule has 0 radical (unpaired) electrons. The van der Waals surface area contributed by atoms with Crippen LogP contribution in [0.1, 0.15) is 29.8 Å². The summed E-state index contributed by atoms with van der Waals surface area (Å²) < 4.78 is 0. The van der Waals surface area contributed by atoms with Crippen molar-refractivity contribution >= 4 is 29.1 Å². The summed E-state index contributed by atoms with van der Waals surface area (Å²) in [5.74, 6) is -0.214. The first-order valence-electron chi connectivity index (χ1n) is 8.48. The molecular formula is C20H21ClN2O2. The predicted octanol–water partition coefficient (Wildman–Crippen LogP) is 3.78. The van der Waals surface area contributed by atoms with Crippen LogP contribution in [0.2, 0.25) is 5.02 Å². The first kappa shape index (κ1) is 17.5. The summed E-state index contributed by atoms with van der Waals surface area (Å²) in [5, 5.41) is 0.514. The van der Waals surface area contributed by atoms with Crippen molar-refractivity contribution in [3.05, 3.63) is 64.7 Å². The molecule has 2 amide bonds. The highest BCUT2D eigenvalue weighted by Gasteiger charge is 2.35. The van der Waals surface area contributed by atoms with Gasteiger partial charge in [-0.2, -0.15) is 0 Å². The van der Waals surface area contributed by atoms with Gasteiger partial charge in [-0.3, -0.25) is 9.59 Å². The Morgan fingerprint density at radius 1 is 1.16 bits per heavy atom. The molecule has 1 atom stereocenters. The molecule has 0 unspecified atom stereocenters. The predicted molar refractivity (Wildman–Crippen MR) is 100 cm³/mol. The average molecular weight is 357 g/mol. The molecule has 4 nitrogen and oxygen atoms in total. The van der Waals surface area contributed by atoms with E-state index in [1.807, 2.05) is 24.3 Å². The molecule has 1 aliphatic rings. The minimum absolute atomic E-state index is 0.0532. The van der Waals surface area contributed by atoms with Crippen molar-refractivity contribution in [2.24, 2.45) is 0 Å². The highest BCUT2D eigenvalue weighted by atomic mass is 35.5. The van der Waals surface area contributed by atoms with Gasteiger partial charge in [0.25, 0.3) is 5.91 Å². The van der Waals surface area contributed by atoms with Crippen molar-refractivity contribution in [1.82, 2.24) is 4.90 Å². The molecular weight excluding hydrogens is 336 g/mol. The maximum Gasteiger partial charge on any atom is 0.254 e. The summed E-state index contributed by atoms with van der Waals surface area (Å²) in [5.41, 5.74) is 2.59. The van der Waals surface area contributed by atoms with E-state index in [9.17, 15) is 9.59 Å². The Morgan fingerprint density at radius 3 is 2.64 bits per heavy atom. The lowest BCUT2D eigenvalue weighted by molar-refractivity contribution is -0.124. The Morgan fingerprint density at radius 2 is 1.92 bits per heavy atom. The number of para-hydroxylation sites is 1. The van der Waals surface area contributed by atoms with E-state index in [2.05, 4.69) is 6.92 Å². The van der Waals surface area contributed by atoms with Crippen molar-refractivity contribution in [3.8, 4) is 0 Å². The van der Waals surface area contributed by atoms with Crippen LogP contribution >= 0.6 is 11.6 Å². The number of carbonyl (C=O) groups is 2. The summed E-state index contributed by atoms with van der Waals surface area (Å²) in [7, 11) is 0. The van der Waals surface area contributed by atoms with Crippen LogP contribution in [0.5, 0.6) is 0 Å². The molecule has 1 heterocycles. The first-order valence-corrected chi connectivity index (χ1v) is 8.86. The Labute approximate surface area is 153 Å². The quantitative estimate of drug-likeness (QED) is 0.839. The van der Waals surface area contributed by atoms with Crippen LogP contribution in [0.3, 0.4) is 0 Å². The van der Waals surface area contributed by atoms with Gasteiger partial charge in [0.15, 0.2) is 0 Å². The van der Waals surface area contributed by atoms with Gasteiger partial charge < -0.3 is 9.80 Å². The molecule has 3 rings (SSSR count). The molecule has 25 heavy (non-hydrogen) atoms. The van der Waals surface area contributed by atoms with Gasteiger partial charge in [0, 0.05) is 29.4 Å². The molecule has 130 valence electrons. The number of rotatable bonds is 3. The van der Waals surface area contributed by atoms with Crippen molar-refractivity contribution in [2.45, 2.75) is 26.3 Å².